The van der Waals surface area contributed by atoms with Gasteiger partial charge in [0.15, 0.2) is 0 Å². The second-order valence-corrected chi connectivity index (χ2v) is 5.92. The van der Waals surface area contributed by atoms with Gasteiger partial charge in [-0.2, -0.15) is 0 Å². The number of hydrogen-bond acceptors (Lipinski definition) is 4. The van der Waals surface area contributed by atoms with E-state index in [4.69, 9.17) is 9.47 Å². The maximum absolute atomic E-state index is 12.7. The molecule has 0 saturated carbocycles. The largest absolute Gasteiger partial charge is 0.497 e. The SMILES string of the molecule is CCC1C(=O)NCCN1C(=O)CC1COc2cc(OC)ccc21. The minimum absolute atomic E-state index is 0.0176. The Labute approximate surface area is 135 Å². The summed E-state index contributed by atoms with van der Waals surface area (Å²) < 4.78 is 10.9. The summed E-state index contributed by atoms with van der Waals surface area (Å²) in [6.07, 6.45) is 0.996. The van der Waals surface area contributed by atoms with Crippen molar-refractivity contribution in [2.75, 3.05) is 26.8 Å². The van der Waals surface area contributed by atoms with Crippen molar-refractivity contribution < 1.29 is 19.1 Å². The number of ether oxygens (including phenoxy) is 2. The number of nitrogens with one attached hydrogen (secondary N) is 1. The quantitative estimate of drug-likeness (QED) is 0.908. The molecule has 6 heteroatoms. The zero-order valence-corrected chi connectivity index (χ0v) is 13.5. The average molecular weight is 318 g/mol. The topological polar surface area (TPSA) is 67.9 Å². The van der Waals surface area contributed by atoms with Crippen molar-refractivity contribution in [2.24, 2.45) is 0 Å². The molecule has 124 valence electrons. The van der Waals surface area contributed by atoms with E-state index in [0.29, 0.717) is 32.5 Å². The summed E-state index contributed by atoms with van der Waals surface area (Å²) in [7, 11) is 1.62. The van der Waals surface area contributed by atoms with E-state index in [0.717, 1.165) is 17.1 Å². The normalized spacial score (nSPS) is 23.0. The van der Waals surface area contributed by atoms with Gasteiger partial charge in [0.2, 0.25) is 11.8 Å². The highest BCUT2D eigenvalue weighted by Crippen LogP contribution is 2.38. The lowest BCUT2D eigenvalue weighted by Crippen LogP contribution is -2.57. The summed E-state index contributed by atoms with van der Waals surface area (Å²) in [6.45, 7) is 3.52. The van der Waals surface area contributed by atoms with Crippen LogP contribution in [0.4, 0.5) is 0 Å². The van der Waals surface area contributed by atoms with Crippen LogP contribution in [0.5, 0.6) is 11.5 Å². The van der Waals surface area contributed by atoms with Crippen LogP contribution < -0.4 is 14.8 Å². The summed E-state index contributed by atoms with van der Waals surface area (Å²) in [6, 6.07) is 5.34. The van der Waals surface area contributed by atoms with E-state index in [9.17, 15) is 9.59 Å². The number of nitrogens with zero attached hydrogens (tertiary/aromatic N) is 1. The summed E-state index contributed by atoms with van der Waals surface area (Å²) >= 11 is 0. The Bertz CT molecular complexity index is 617. The van der Waals surface area contributed by atoms with Gasteiger partial charge in [0.25, 0.3) is 0 Å². The third kappa shape index (κ3) is 2.98. The molecule has 1 saturated heterocycles. The van der Waals surface area contributed by atoms with Crippen LogP contribution in [0.1, 0.15) is 31.2 Å². The number of hydrogen-bond donors (Lipinski definition) is 1. The zero-order chi connectivity index (χ0) is 16.4. The van der Waals surface area contributed by atoms with Gasteiger partial charge in [-0.15, -0.1) is 0 Å². The monoisotopic (exact) mass is 318 g/mol. The van der Waals surface area contributed by atoms with Gasteiger partial charge in [0, 0.05) is 37.1 Å². The second kappa shape index (κ2) is 6.48. The zero-order valence-electron chi connectivity index (χ0n) is 13.5. The van der Waals surface area contributed by atoms with Gasteiger partial charge in [0.05, 0.1) is 13.7 Å². The number of fused-ring (bicyclic) bond motifs is 1. The molecule has 1 aromatic rings. The molecule has 2 aliphatic heterocycles. The molecule has 1 aromatic carbocycles. The van der Waals surface area contributed by atoms with Crippen molar-refractivity contribution >= 4 is 11.8 Å². The van der Waals surface area contributed by atoms with Crippen LogP contribution >= 0.6 is 0 Å². The Kier molecular flexibility index (Phi) is 4.41. The van der Waals surface area contributed by atoms with Crippen molar-refractivity contribution in [3.8, 4) is 11.5 Å². The Hall–Kier alpha value is -2.24. The molecule has 0 spiro atoms. The smallest absolute Gasteiger partial charge is 0.242 e. The van der Waals surface area contributed by atoms with Crippen LogP contribution in [0.15, 0.2) is 18.2 Å². The molecule has 0 aliphatic carbocycles. The van der Waals surface area contributed by atoms with Gasteiger partial charge in [-0.25, -0.2) is 0 Å². The standard InChI is InChI=1S/C17H22N2O4/c1-3-14-17(21)18-6-7-19(14)16(20)8-11-10-23-15-9-12(22-2)4-5-13(11)15/h4-5,9,11,14H,3,6-8,10H2,1-2H3,(H,18,21). The first-order chi connectivity index (χ1) is 11.1. The predicted octanol–water partition coefficient (Wildman–Crippen LogP) is 1.30. The van der Waals surface area contributed by atoms with E-state index >= 15 is 0 Å². The fourth-order valence-electron chi connectivity index (χ4n) is 3.30. The first-order valence-electron chi connectivity index (χ1n) is 8.02. The molecule has 6 nitrogen and oxygen atoms in total. The first-order valence-corrected chi connectivity index (χ1v) is 8.02. The summed E-state index contributed by atoms with van der Waals surface area (Å²) in [4.78, 5) is 26.3. The Morgan fingerprint density at radius 3 is 3.04 bits per heavy atom. The highest BCUT2D eigenvalue weighted by Gasteiger charge is 2.34. The summed E-state index contributed by atoms with van der Waals surface area (Å²) in [5.41, 5.74) is 1.04. The Morgan fingerprint density at radius 1 is 1.48 bits per heavy atom. The molecule has 23 heavy (non-hydrogen) atoms. The van der Waals surface area contributed by atoms with Crippen LogP contribution in [0, 0.1) is 0 Å². The minimum atomic E-state index is -0.353. The molecule has 0 radical (unpaired) electrons. The van der Waals surface area contributed by atoms with Crippen molar-refractivity contribution in [1.29, 1.82) is 0 Å². The second-order valence-electron chi connectivity index (χ2n) is 5.92. The van der Waals surface area contributed by atoms with E-state index in [1.54, 1.807) is 12.0 Å². The molecule has 2 heterocycles. The van der Waals surface area contributed by atoms with Crippen molar-refractivity contribution in [1.82, 2.24) is 10.2 Å². The fraction of sp³-hybridized carbons (Fsp3) is 0.529. The van der Waals surface area contributed by atoms with Crippen LogP contribution in [0.25, 0.3) is 0 Å². The van der Waals surface area contributed by atoms with Gasteiger partial charge < -0.3 is 19.7 Å². The molecule has 0 aromatic heterocycles. The van der Waals surface area contributed by atoms with Crippen molar-refractivity contribution in [3.05, 3.63) is 23.8 Å². The van der Waals surface area contributed by atoms with Gasteiger partial charge in [-0.05, 0) is 12.5 Å². The molecule has 0 bridgehead atoms. The molecular formula is C17H22N2O4. The average Bonchev–Trinajstić information content (AvgIpc) is 2.96. The molecule has 2 atom stereocenters. The maximum atomic E-state index is 12.7. The molecule has 2 amide bonds. The summed E-state index contributed by atoms with van der Waals surface area (Å²) in [5.74, 6) is 1.52. The van der Waals surface area contributed by atoms with E-state index in [1.165, 1.54) is 0 Å². The van der Waals surface area contributed by atoms with E-state index in [-0.39, 0.29) is 23.8 Å². The highest BCUT2D eigenvalue weighted by molar-refractivity contribution is 5.89. The van der Waals surface area contributed by atoms with Gasteiger partial charge in [-0.3, -0.25) is 9.59 Å². The van der Waals surface area contributed by atoms with Crippen LogP contribution in [-0.4, -0.2) is 49.6 Å². The van der Waals surface area contributed by atoms with E-state index in [2.05, 4.69) is 5.32 Å². The molecule has 2 aliphatic rings. The predicted molar refractivity (Wildman–Crippen MR) is 84.6 cm³/mol. The summed E-state index contributed by atoms with van der Waals surface area (Å²) in [5, 5.41) is 2.82. The molecular weight excluding hydrogens is 296 g/mol. The number of piperazine rings is 1. The number of methoxy groups -OCH3 is 1. The van der Waals surface area contributed by atoms with E-state index in [1.807, 2.05) is 25.1 Å². The number of carbonyl (C=O) groups is 2. The molecule has 1 fully saturated rings. The van der Waals surface area contributed by atoms with Crippen LogP contribution in [-0.2, 0) is 9.59 Å². The molecule has 3 rings (SSSR count). The van der Waals surface area contributed by atoms with Crippen molar-refractivity contribution in [3.63, 3.8) is 0 Å². The minimum Gasteiger partial charge on any atom is -0.497 e. The first kappa shape index (κ1) is 15.6. The Morgan fingerprint density at radius 2 is 2.30 bits per heavy atom. The molecule has 2 unspecified atom stereocenters. The van der Waals surface area contributed by atoms with Gasteiger partial charge in [-0.1, -0.05) is 13.0 Å². The number of benzene rings is 1. The maximum Gasteiger partial charge on any atom is 0.242 e. The number of carbonyl (C=O) groups excluding carboxylic acids is 2. The number of rotatable bonds is 4. The van der Waals surface area contributed by atoms with Crippen LogP contribution in [0.2, 0.25) is 0 Å². The highest BCUT2D eigenvalue weighted by atomic mass is 16.5. The number of amides is 2. The third-order valence-electron chi connectivity index (χ3n) is 4.56. The Balaban J connectivity index is 1.71. The lowest BCUT2D eigenvalue weighted by Gasteiger charge is -2.35. The third-order valence-corrected chi connectivity index (χ3v) is 4.56. The lowest BCUT2D eigenvalue weighted by molar-refractivity contribution is -0.143. The van der Waals surface area contributed by atoms with Gasteiger partial charge >= 0.3 is 0 Å². The van der Waals surface area contributed by atoms with Gasteiger partial charge in [0.1, 0.15) is 17.5 Å². The van der Waals surface area contributed by atoms with Crippen molar-refractivity contribution in [2.45, 2.75) is 31.7 Å². The van der Waals surface area contributed by atoms with E-state index < -0.39 is 0 Å². The lowest BCUT2D eigenvalue weighted by atomic mass is 9.96. The fourth-order valence-corrected chi connectivity index (χ4v) is 3.30. The molecule has 1 N–H and O–H groups in total. The van der Waals surface area contributed by atoms with Crippen LogP contribution in [0.3, 0.4) is 0 Å².